The fourth-order valence-electron chi connectivity index (χ4n) is 3.44. The maximum Gasteiger partial charge on any atom is 0.233 e. The van der Waals surface area contributed by atoms with Gasteiger partial charge in [-0.25, -0.2) is 0 Å². The molecule has 1 N–H and O–H groups in total. The number of nitrogens with zero attached hydrogens (tertiary/aromatic N) is 2. The van der Waals surface area contributed by atoms with Crippen molar-refractivity contribution in [3.05, 3.63) is 59.1 Å². The smallest absolute Gasteiger partial charge is 0.233 e. The molecule has 0 atom stereocenters. The zero-order valence-electron chi connectivity index (χ0n) is 16.3. The molecule has 1 aliphatic rings. The number of amides is 2. The Kier molecular flexibility index (Phi) is 6.57. The first-order valence-corrected chi connectivity index (χ1v) is 9.99. The predicted molar refractivity (Wildman–Crippen MR) is 114 cm³/mol. The highest BCUT2D eigenvalue weighted by Crippen LogP contribution is 2.24. The van der Waals surface area contributed by atoms with Gasteiger partial charge in [-0.1, -0.05) is 49.7 Å². The Morgan fingerprint density at radius 2 is 1.75 bits per heavy atom. The van der Waals surface area contributed by atoms with Gasteiger partial charge in [-0.2, -0.15) is 0 Å². The summed E-state index contributed by atoms with van der Waals surface area (Å²) in [6.07, 6.45) is -0.135. The van der Waals surface area contributed by atoms with Crippen LogP contribution < -0.4 is 10.2 Å². The lowest BCUT2D eigenvalue weighted by Gasteiger charge is -2.36. The summed E-state index contributed by atoms with van der Waals surface area (Å²) in [4.78, 5) is 28.9. The van der Waals surface area contributed by atoms with Crippen molar-refractivity contribution in [2.75, 3.05) is 36.4 Å². The average molecular weight is 400 g/mol. The number of carbonyl (C=O) groups excluding carboxylic acids is 2. The lowest BCUT2D eigenvalue weighted by molar-refractivity contribution is -0.134. The van der Waals surface area contributed by atoms with Gasteiger partial charge in [-0.3, -0.25) is 9.59 Å². The second kappa shape index (κ2) is 9.11. The minimum absolute atomic E-state index is 0.134. The zero-order chi connectivity index (χ0) is 20.1. The summed E-state index contributed by atoms with van der Waals surface area (Å²) < 4.78 is 0. The van der Waals surface area contributed by atoms with Crippen LogP contribution in [-0.2, 0) is 9.59 Å². The van der Waals surface area contributed by atoms with Gasteiger partial charge in [-0.15, -0.1) is 0 Å². The Hall–Kier alpha value is -2.53. The Bertz CT molecular complexity index is 845. The minimum atomic E-state index is -0.268. The second-order valence-electron chi connectivity index (χ2n) is 7.31. The van der Waals surface area contributed by atoms with Gasteiger partial charge in [0.2, 0.25) is 11.8 Å². The molecule has 0 radical (unpaired) electrons. The van der Waals surface area contributed by atoms with Crippen LogP contribution in [0.15, 0.2) is 48.5 Å². The molecule has 2 aromatic carbocycles. The summed E-state index contributed by atoms with van der Waals surface area (Å²) in [6, 6.07) is 15.4. The van der Waals surface area contributed by atoms with E-state index >= 15 is 0 Å². The zero-order valence-corrected chi connectivity index (χ0v) is 17.1. The van der Waals surface area contributed by atoms with Gasteiger partial charge in [0.05, 0.1) is 0 Å². The molecular formula is C22H26ClN3O2. The Labute approximate surface area is 171 Å². The molecule has 0 spiro atoms. The number of benzene rings is 2. The molecule has 6 heteroatoms. The number of hydrogen-bond donors (Lipinski definition) is 1. The van der Waals surface area contributed by atoms with Crippen LogP contribution in [0.2, 0.25) is 5.02 Å². The minimum Gasteiger partial charge on any atom is -0.368 e. The first kappa shape index (κ1) is 20.2. The quantitative estimate of drug-likeness (QED) is 0.769. The average Bonchev–Trinajstić information content (AvgIpc) is 2.68. The number of para-hydroxylation sites is 1. The van der Waals surface area contributed by atoms with E-state index in [1.807, 2.05) is 48.5 Å². The number of carbonyl (C=O) groups is 2. The summed E-state index contributed by atoms with van der Waals surface area (Å²) in [5.74, 6) is -0.104. The summed E-state index contributed by atoms with van der Waals surface area (Å²) in [7, 11) is 0. The van der Waals surface area contributed by atoms with E-state index in [2.05, 4.69) is 24.1 Å². The number of piperazine rings is 1. The summed E-state index contributed by atoms with van der Waals surface area (Å²) in [5.41, 5.74) is 2.90. The van der Waals surface area contributed by atoms with Crippen LogP contribution in [0.3, 0.4) is 0 Å². The molecule has 5 nitrogen and oxygen atoms in total. The molecule has 148 valence electrons. The van der Waals surface area contributed by atoms with Gasteiger partial charge in [0.1, 0.15) is 6.42 Å². The van der Waals surface area contributed by atoms with Gasteiger partial charge in [-0.05, 0) is 35.7 Å². The maximum atomic E-state index is 12.5. The monoisotopic (exact) mass is 399 g/mol. The number of hydrogen-bond acceptors (Lipinski definition) is 3. The third kappa shape index (κ3) is 5.04. The fourth-order valence-corrected chi connectivity index (χ4v) is 3.63. The summed E-state index contributed by atoms with van der Waals surface area (Å²) in [5, 5.41) is 3.59. The van der Waals surface area contributed by atoms with Crippen LogP contribution in [0.4, 0.5) is 11.4 Å². The van der Waals surface area contributed by atoms with Crippen LogP contribution in [0, 0.1) is 0 Å². The highest BCUT2D eigenvalue weighted by molar-refractivity contribution is 6.30. The Morgan fingerprint density at radius 1 is 1.04 bits per heavy atom. The molecular weight excluding hydrogens is 374 g/mol. The van der Waals surface area contributed by atoms with E-state index in [-0.39, 0.29) is 18.2 Å². The summed E-state index contributed by atoms with van der Waals surface area (Å²) in [6.45, 7) is 6.81. The molecule has 1 saturated heterocycles. The highest BCUT2D eigenvalue weighted by Gasteiger charge is 2.23. The third-order valence-electron chi connectivity index (χ3n) is 4.97. The number of rotatable bonds is 5. The van der Waals surface area contributed by atoms with Crippen molar-refractivity contribution in [1.29, 1.82) is 0 Å². The Morgan fingerprint density at radius 3 is 2.43 bits per heavy atom. The van der Waals surface area contributed by atoms with Crippen LogP contribution in [0.5, 0.6) is 0 Å². The van der Waals surface area contributed by atoms with E-state index in [1.54, 1.807) is 4.90 Å². The molecule has 0 saturated carbocycles. The number of nitrogens with one attached hydrogen (secondary N) is 1. The number of anilines is 2. The van der Waals surface area contributed by atoms with Gasteiger partial charge < -0.3 is 15.1 Å². The molecule has 2 aromatic rings. The Balaban J connectivity index is 1.52. The molecule has 2 amide bonds. The molecule has 3 rings (SSSR count). The van der Waals surface area contributed by atoms with Crippen molar-refractivity contribution in [2.24, 2.45) is 0 Å². The van der Waals surface area contributed by atoms with Crippen molar-refractivity contribution < 1.29 is 9.59 Å². The van der Waals surface area contributed by atoms with Crippen LogP contribution in [0.1, 0.15) is 31.7 Å². The molecule has 28 heavy (non-hydrogen) atoms. The van der Waals surface area contributed by atoms with Gasteiger partial charge >= 0.3 is 0 Å². The van der Waals surface area contributed by atoms with Crippen molar-refractivity contribution in [2.45, 2.75) is 26.2 Å². The third-order valence-corrected chi connectivity index (χ3v) is 5.21. The van der Waals surface area contributed by atoms with Crippen molar-refractivity contribution in [3.8, 4) is 0 Å². The topological polar surface area (TPSA) is 52.7 Å². The lowest BCUT2D eigenvalue weighted by Crippen LogP contribution is -2.49. The van der Waals surface area contributed by atoms with Gasteiger partial charge in [0.15, 0.2) is 0 Å². The molecule has 0 aromatic heterocycles. The first-order chi connectivity index (χ1) is 13.4. The largest absolute Gasteiger partial charge is 0.368 e. The lowest BCUT2D eigenvalue weighted by atomic mass is 10.0. The number of halogens is 1. The molecule has 1 aliphatic heterocycles. The van der Waals surface area contributed by atoms with Crippen LogP contribution >= 0.6 is 11.6 Å². The normalized spacial score (nSPS) is 14.3. The van der Waals surface area contributed by atoms with E-state index in [1.165, 1.54) is 0 Å². The molecule has 0 unspecified atom stereocenters. The predicted octanol–water partition coefficient (Wildman–Crippen LogP) is 4.14. The van der Waals surface area contributed by atoms with E-state index in [9.17, 15) is 9.59 Å². The van der Waals surface area contributed by atoms with E-state index in [0.29, 0.717) is 24.0 Å². The maximum absolute atomic E-state index is 12.5. The second-order valence-corrected chi connectivity index (χ2v) is 7.75. The van der Waals surface area contributed by atoms with E-state index in [0.717, 1.165) is 30.0 Å². The standard InChI is InChI=1S/C22H26ClN3O2/c1-16(2)19-8-3-4-9-20(19)24-21(27)15-22(28)26-12-10-25(11-13-26)18-7-5-6-17(23)14-18/h3-9,14,16H,10-13,15H2,1-2H3,(H,24,27). The van der Waals surface area contributed by atoms with Crippen molar-refractivity contribution in [1.82, 2.24) is 4.90 Å². The van der Waals surface area contributed by atoms with E-state index < -0.39 is 0 Å². The van der Waals surface area contributed by atoms with E-state index in [4.69, 9.17) is 11.6 Å². The SMILES string of the molecule is CC(C)c1ccccc1NC(=O)CC(=O)N1CCN(c2cccc(Cl)c2)CC1. The van der Waals surface area contributed by atoms with Gasteiger partial charge in [0, 0.05) is 42.6 Å². The molecule has 1 fully saturated rings. The van der Waals surface area contributed by atoms with Crippen molar-refractivity contribution in [3.63, 3.8) is 0 Å². The first-order valence-electron chi connectivity index (χ1n) is 9.61. The molecule has 1 heterocycles. The summed E-state index contributed by atoms with van der Waals surface area (Å²) >= 11 is 6.06. The van der Waals surface area contributed by atoms with Crippen LogP contribution in [0.25, 0.3) is 0 Å². The van der Waals surface area contributed by atoms with Crippen molar-refractivity contribution >= 4 is 34.8 Å². The van der Waals surface area contributed by atoms with Gasteiger partial charge in [0.25, 0.3) is 0 Å². The highest BCUT2D eigenvalue weighted by atomic mass is 35.5. The fraction of sp³-hybridized carbons (Fsp3) is 0.364. The molecule has 0 aliphatic carbocycles. The molecule has 0 bridgehead atoms. The van der Waals surface area contributed by atoms with Crippen LogP contribution in [-0.4, -0.2) is 42.9 Å².